The van der Waals surface area contributed by atoms with Crippen molar-refractivity contribution < 1.29 is 13.9 Å². The van der Waals surface area contributed by atoms with Crippen molar-refractivity contribution in [1.82, 2.24) is 4.98 Å². The largest absolute Gasteiger partial charge is 0.465 e. The van der Waals surface area contributed by atoms with Crippen LogP contribution in [0.1, 0.15) is 21.5 Å². The van der Waals surface area contributed by atoms with Crippen molar-refractivity contribution in [3.8, 4) is 23.5 Å². The number of esters is 1. The zero-order valence-electron chi connectivity index (χ0n) is 14.1. The Balaban J connectivity index is 2.08. The topological polar surface area (TPSA) is 126 Å². The zero-order valence-corrected chi connectivity index (χ0v) is 14.9. The minimum Gasteiger partial charge on any atom is -0.465 e. The number of methoxy groups -OCH3 is 1. The van der Waals surface area contributed by atoms with Crippen molar-refractivity contribution in [2.75, 3.05) is 12.8 Å². The molecule has 0 amide bonds. The molecule has 7 nitrogen and oxygen atoms in total. The first-order valence-corrected chi connectivity index (χ1v) is 8.44. The van der Waals surface area contributed by atoms with E-state index in [0.717, 1.165) is 4.90 Å². The molecule has 0 saturated carbocycles. The number of nitrogen functional groups attached to an aromatic ring is 1. The Bertz CT molecular complexity index is 1080. The Morgan fingerprint density at radius 3 is 2.44 bits per heavy atom. The molecule has 132 valence electrons. The second-order valence-corrected chi connectivity index (χ2v) is 6.31. The fourth-order valence-corrected chi connectivity index (χ4v) is 3.32. The van der Waals surface area contributed by atoms with Gasteiger partial charge in [0.05, 0.1) is 30.1 Å². The smallest absolute Gasteiger partial charge is 0.337 e. The van der Waals surface area contributed by atoms with Crippen LogP contribution in [0.25, 0.3) is 11.3 Å². The number of hydrogen-bond acceptors (Lipinski definition) is 8. The number of ether oxygens (including phenoxy) is 1. The number of furan rings is 1. The molecule has 2 heterocycles. The third-order valence-electron chi connectivity index (χ3n) is 3.67. The van der Waals surface area contributed by atoms with Crippen LogP contribution in [0.4, 0.5) is 5.82 Å². The molecular formula is C19H12N4O3S. The summed E-state index contributed by atoms with van der Waals surface area (Å²) in [6, 6.07) is 14.0. The summed E-state index contributed by atoms with van der Waals surface area (Å²) in [5.74, 6) is -0.0678. The van der Waals surface area contributed by atoms with Crippen LogP contribution in [-0.2, 0) is 4.74 Å². The Labute approximate surface area is 159 Å². The summed E-state index contributed by atoms with van der Waals surface area (Å²) in [5.41, 5.74) is 6.94. The van der Waals surface area contributed by atoms with Gasteiger partial charge >= 0.3 is 5.97 Å². The Kier molecular flexibility index (Phi) is 5.11. The summed E-state index contributed by atoms with van der Waals surface area (Å²) in [7, 11) is 1.31. The number of hydrogen-bond donors (Lipinski definition) is 1. The van der Waals surface area contributed by atoms with E-state index < -0.39 is 5.97 Å². The molecule has 0 atom stereocenters. The Morgan fingerprint density at radius 2 is 1.89 bits per heavy atom. The number of anilines is 1. The van der Waals surface area contributed by atoms with Gasteiger partial charge in [0.2, 0.25) is 0 Å². The molecule has 0 saturated heterocycles. The van der Waals surface area contributed by atoms with E-state index in [4.69, 9.17) is 10.2 Å². The first-order chi connectivity index (χ1) is 13.1. The maximum absolute atomic E-state index is 11.5. The van der Waals surface area contributed by atoms with Crippen LogP contribution in [0.2, 0.25) is 0 Å². The zero-order chi connectivity index (χ0) is 19.4. The number of pyridine rings is 1. The molecule has 0 bridgehead atoms. The molecule has 0 unspecified atom stereocenters. The summed E-state index contributed by atoms with van der Waals surface area (Å²) in [6.07, 6.45) is 1.45. The van der Waals surface area contributed by atoms with E-state index in [1.54, 1.807) is 36.4 Å². The summed E-state index contributed by atoms with van der Waals surface area (Å²) >= 11 is 1.19. The molecule has 0 aliphatic carbocycles. The van der Waals surface area contributed by atoms with Crippen LogP contribution in [0.15, 0.2) is 57.0 Å². The first kappa shape index (κ1) is 18.1. The lowest BCUT2D eigenvalue weighted by molar-refractivity contribution is 0.0600. The first-order valence-electron chi connectivity index (χ1n) is 7.62. The van der Waals surface area contributed by atoms with E-state index in [-0.39, 0.29) is 16.9 Å². The van der Waals surface area contributed by atoms with Gasteiger partial charge in [-0.3, -0.25) is 0 Å². The van der Waals surface area contributed by atoms with Gasteiger partial charge in [-0.1, -0.05) is 11.8 Å². The lowest BCUT2D eigenvalue weighted by atomic mass is 10.0. The van der Waals surface area contributed by atoms with Crippen LogP contribution < -0.4 is 5.73 Å². The molecule has 3 aromatic rings. The lowest BCUT2D eigenvalue weighted by Crippen LogP contribution is -2.03. The summed E-state index contributed by atoms with van der Waals surface area (Å²) in [5, 5.41) is 19.5. The van der Waals surface area contributed by atoms with Crippen molar-refractivity contribution in [3.05, 3.63) is 59.4 Å². The maximum Gasteiger partial charge on any atom is 0.337 e. The average Bonchev–Trinajstić information content (AvgIpc) is 3.22. The van der Waals surface area contributed by atoms with E-state index in [9.17, 15) is 15.3 Å². The molecule has 0 spiro atoms. The molecule has 3 rings (SSSR count). The normalized spacial score (nSPS) is 10.0. The molecule has 0 aliphatic rings. The van der Waals surface area contributed by atoms with E-state index in [0.29, 0.717) is 21.9 Å². The van der Waals surface area contributed by atoms with E-state index in [1.165, 1.54) is 25.1 Å². The van der Waals surface area contributed by atoms with Crippen LogP contribution >= 0.6 is 11.8 Å². The molecule has 0 aliphatic heterocycles. The molecular weight excluding hydrogens is 364 g/mol. The van der Waals surface area contributed by atoms with E-state index in [1.807, 2.05) is 6.07 Å². The van der Waals surface area contributed by atoms with Crippen LogP contribution in [0.5, 0.6) is 0 Å². The molecule has 0 fully saturated rings. The highest BCUT2D eigenvalue weighted by molar-refractivity contribution is 7.99. The number of nitrogens with two attached hydrogens (primary N) is 1. The van der Waals surface area contributed by atoms with Crippen molar-refractivity contribution in [3.63, 3.8) is 0 Å². The number of carbonyl (C=O) groups excluding carboxylic acids is 1. The van der Waals surface area contributed by atoms with Gasteiger partial charge in [0.1, 0.15) is 34.3 Å². The number of carbonyl (C=O) groups is 1. The van der Waals surface area contributed by atoms with Gasteiger partial charge < -0.3 is 14.9 Å². The Hall–Kier alpha value is -3.75. The van der Waals surface area contributed by atoms with E-state index >= 15 is 0 Å². The highest BCUT2D eigenvalue weighted by Gasteiger charge is 2.22. The highest BCUT2D eigenvalue weighted by Crippen LogP contribution is 2.38. The predicted octanol–water partition coefficient (Wildman–Crippen LogP) is 3.60. The van der Waals surface area contributed by atoms with Crippen molar-refractivity contribution in [2.24, 2.45) is 0 Å². The van der Waals surface area contributed by atoms with Gasteiger partial charge in [-0.05, 0) is 36.4 Å². The number of benzene rings is 1. The lowest BCUT2D eigenvalue weighted by Gasteiger charge is -2.11. The van der Waals surface area contributed by atoms with Crippen molar-refractivity contribution in [2.45, 2.75) is 9.92 Å². The quantitative estimate of drug-likeness (QED) is 0.684. The molecule has 1 aromatic carbocycles. The van der Waals surface area contributed by atoms with Gasteiger partial charge in [-0.2, -0.15) is 10.5 Å². The molecule has 0 radical (unpaired) electrons. The molecule has 2 N–H and O–H groups in total. The van der Waals surface area contributed by atoms with Gasteiger partial charge in [0.25, 0.3) is 0 Å². The predicted molar refractivity (Wildman–Crippen MR) is 97.7 cm³/mol. The Morgan fingerprint density at radius 1 is 1.19 bits per heavy atom. The van der Waals surface area contributed by atoms with Crippen LogP contribution in [0, 0.1) is 22.7 Å². The third-order valence-corrected chi connectivity index (χ3v) is 4.67. The van der Waals surface area contributed by atoms with Gasteiger partial charge in [-0.25, -0.2) is 9.78 Å². The second-order valence-electron chi connectivity index (χ2n) is 5.25. The monoisotopic (exact) mass is 376 g/mol. The maximum atomic E-state index is 11.5. The molecule has 2 aromatic heterocycles. The fraction of sp³-hybridized carbons (Fsp3) is 0.0526. The van der Waals surface area contributed by atoms with Crippen molar-refractivity contribution >= 4 is 23.5 Å². The van der Waals surface area contributed by atoms with E-state index in [2.05, 4.69) is 15.8 Å². The number of rotatable bonds is 4. The number of nitriles is 2. The molecule has 27 heavy (non-hydrogen) atoms. The highest BCUT2D eigenvalue weighted by atomic mass is 32.2. The minimum absolute atomic E-state index is 0.0107. The van der Waals surface area contributed by atoms with Gasteiger partial charge in [0.15, 0.2) is 0 Å². The average molecular weight is 376 g/mol. The summed E-state index contributed by atoms with van der Waals surface area (Å²) < 4.78 is 10.0. The van der Waals surface area contributed by atoms with Gasteiger partial charge in [-0.15, -0.1) is 0 Å². The number of aromatic nitrogens is 1. The summed E-state index contributed by atoms with van der Waals surface area (Å²) in [4.78, 5) is 16.5. The van der Waals surface area contributed by atoms with Gasteiger partial charge in [0, 0.05) is 4.90 Å². The summed E-state index contributed by atoms with van der Waals surface area (Å²) in [6.45, 7) is 0. The van der Waals surface area contributed by atoms with Crippen molar-refractivity contribution in [1.29, 1.82) is 10.5 Å². The van der Waals surface area contributed by atoms with Crippen LogP contribution in [0.3, 0.4) is 0 Å². The molecule has 8 heteroatoms. The standard InChI is InChI=1S/C19H12N4O3S/c1-25-19(24)11-4-6-12(7-5-11)27-18-14(10-21)16(15-3-2-8-26-15)13(9-20)17(22)23-18/h2-8H,1H3,(H2,22,23). The SMILES string of the molecule is COC(=O)c1ccc(Sc2nc(N)c(C#N)c(-c3ccco3)c2C#N)cc1. The van der Waals surface area contributed by atoms with Crippen LogP contribution in [-0.4, -0.2) is 18.1 Å². The fourth-order valence-electron chi connectivity index (χ4n) is 2.43. The second kappa shape index (κ2) is 7.65. The third kappa shape index (κ3) is 3.47. The number of nitrogens with zero attached hydrogens (tertiary/aromatic N) is 3. The minimum atomic E-state index is -0.440.